The van der Waals surface area contributed by atoms with E-state index in [1.807, 2.05) is 43.3 Å². The zero-order chi connectivity index (χ0) is 27.2. The number of carboxylic acid groups (broad SMARTS) is 1. The Morgan fingerprint density at radius 3 is 2.66 bits per heavy atom. The number of unbranched alkanes of at least 4 members (excludes halogenated alkanes) is 2. The van der Waals surface area contributed by atoms with Gasteiger partial charge in [-0.25, -0.2) is 4.98 Å². The molecule has 2 aromatic heterocycles. The predicted octanol–water partition coefficient (Wildman–Crippen LogP) is 3.99. The number of thioether (sulfide) groups is 1. The highest BCUT2D eigenvalue weighted by atomic mass is 32.2. The lowest BCUT2D eigenvalue weighted by molar-refractivity contribution is -0.137. The molecule has 1 fully saturated rings. The number of aryl methyl sites for hydroxylation is 1. The van der Waals surface area contributed by atoms with Crippen molar-refractivity contribution < 1.29 is 19.8 Å². The maximum atomic E-state index is 13.5. The fourth-order valence-corrected chi connectivity index (χ4v) is 5.40. The number of aliphatic carboxylic acids is 1. The number of benzene rings is 1. The molecule has 1 aromatic carbocycles. The minimum atomic E-state index is -0.843. The van der Waals surface area contributed by atoms with E-state index in [4.69, 9.17) is 17.3 Å². The number of amides is 1. The fourth-order valence-electron chi connectivity index (χ4n) is 4.11. The summed E-state index contributed by atoms with van der Waals surface area (Å²) in [5.41, 5.74) is 1.83. The number of pyridine rings is 1. The van der Waals surface area contributed by atoms with Gasteiger partial charge in [0.05, 0.1) is 16.6 Å². The Kier molecular flexibility index (Phi) is 8.93. The average Bonchev–Trinajstić information content (AvgIpc) is 3.17. The lowest BCUT2D eigenvalue weighted by atomic mass is 10.1. The van der Waals surface area contributed by atoms with Crippen LogP contribution in [0.5, 0.6) is 0 Å². The standard InChI is InChI=1S/C27H28N4O5S2/c1-17-9-8-14-30-24(17)29-23(28-16-20(32)18-10-4-2-5-11-18)19(25(30)35)15-21-26(36)31(27(37)38-21)13-7-3-6-12-22(33)34/h2,4-5,8-11,14-15,20,28,32H,3,6-7,12-13,16H2,1H3,(H,33,34)/b21-15-/t20-/m1/s1. The van der Waals surface area contributed by atoms with Crippen LogP contribution in [-0.2, 0) is 9.59 Å². The van der Waals surface area contributed by atoms with Crippen molar-refractivity contribution in [2.45, 2.75) is 38.7 Å². The third-order valence-corrected chi connectivity index (χ3v) is 7.53. The summed E-state index contributed by atoms with van der Waals surface area (Å²) in [6, 6.07) is 12.8. The molecule has 38 heavy (non-hydrogen) atoms. The number of rotatable bonds is 11. The van der Waals surface area contributed by atoms with Crippen LogP contribution >= 0.6 is 24.0 Å². The fraction of sp³-hybridized carbons (Fsp3) is 0.296. The normalized spacial score (nSPS) is 15.4. The summed E-state index contributed by atoms with van der Waals surface area (Å²) in [6.07, 6.45) is 4.20. The lowest BCUT2D eigenvalue weighted by Crippen LogP contribution is -2.29. The minimum Gasteiger partial charge on any atom is -0.481 e. The highest BCUT2D eigenvalue weighted by Crippen LogP contribution is 2.33. The summed E-state index contributed by atoms with van der Waals surface area (Å²) >= 11 is 6.53. The van der Waals surface area contributed by atoms with E-state index in [1.165, 1.54) is 15.4 Å². The maximum Gasteiger partial charge on any atom is 0.303 e. The third kappa shape index (κ3) is 6.29. The van der Waals surface area contributed by atoms with Crippen LogP contribution in [0.15, 0.2) is 58.4 Å². The zero-order valence-electron chi connectivity index (χ0n) is 20.8. The van der Waals surface area contributed by atoms with Gasteiger partial charge in [-0.15, -0.1) is 0 Å². The van der Waals surface area contributed by atoms with Crippen molar-refractivity contribution >= 4 is 57.7 Å². The molecule has 0 unspecified atom stereocenters. The van der Waals surface area contributed by atoms with E-state index in [0.29, 0.717) is 40.7 Å². The molecule has 0 bridgehead atoms. The summed E-state index contributed by atoms with van der Waals surface area (Å²) in [4.78, 5) is 43.8. The Balaban J connectivity index is 1.61. The van der Waals surface area contributed by atoms with E-state index in [9.17, 15) is 19.5 Å². The number of nitrogens with zero attached hydrogens (tertiary/aromatic N) is 3. The second-order valence-electron chi connectivity index (χ2n) is 8.91. The first kappa shape index (κ1) is 27.5. The van der Waals surface area contributed by atoms with Crippen LogP contribution in [0, 0.1) is 6.92 Å². The molecule has 0 spiro atoms. The largest absolute Gasteiger partial charge is 0.481 e. The number of hydrogen-bond acceptors (Lipinski definition) is 8. The number of aliphatic hydroxyl groups excluding tert-OH is 1. The summed E-state index contributed by atoms with van der Waals surface area (Å²) < 4.78 is 1.82. The van der Waals surface area contributed by atoms with Crippen LogP contribution in [0.1, 0.15) is 48.5 Å². The van der Waals surface area contributed by atoms with E-state index < -0.39 is 12.1 Å². The average molecular weight is 553 g/mol. The monoisotopic (exact) mass is 552 g/mol. The Morgan fingerprint density at radius 1 is 1.16 bits per heavy atom. The first-order chi connectivity index (χ1) is 18.3. The van der Waals surface area contributed by atoms with Crippen LogP contribution < -0.4 is 10.9 Å². The molecule has 3 heterocycles. The molecule has 0 saturated carbocycles. The topological polar surface area (TPSA) is 124 Å². The van der Waals surface area contributed by atoms with Crippen molar-refractivity contribution in [2.24, 2.45) is 0 Å². The Bertz CT molecular complexity index is 1460. The van der Waals surface area contributed by atoms with Gasteiger partial charge in [-0.1, -0.05) is 66.8 Å². The van der Waals surface area contributed by atoms with Gasteiger partial charge in [-0.3, -0.25) is 23.7 Å². The number of hydrogen-bond donors (Lipinski definition) is 3. The molecule has 1 amide bonds. The molecule has 9 nitrogen and oxygen atoms in total. The van der Waals surface area contributed by atoms with Gasteiger partial charge in [0.15, 0.2) is 0 Å². The van der Waals surface area contributed by atoms with E-state index in [0.717, 1.165) is 22.9 Å². The van der Waals surface area contributed by atoms with Gasteiger partial charge in [-0.2, -0.15) is 0 Å². The molecule has 11 heteroatoms. The second-order valence-corrected chi connectivity index (χ2v) is 10.6. The van der Waals surface area contributed by atoms with Gasteiger partial charge in [0.1, 0.15) is 15.8 Å². The molecule has 1 aliphatic rings. The Morgan fingerprint density at radius 2 is 1.92 bits per heavy atom. The Labute approximate surface area is 229 Å². The highest BCUT2D eigenvalue weighted by molar-refractivity contribution is 8.26. The van der Waals surface area contributed by atoms with Crippen molar-refractivity contribution in [2.75, 3.05) is 18.4 Å². The summed E-state index contributed by atoms with van der Waals surface area (Å²) in [5.74, 6) is -0.884. The quantitative estimate of drug-likeness (QED) is 0.184. The molecule has 1 aliphatic heterocycles. The van der Waals surface area contributed by atoms with Crippen molar-refractivity contribution in [3.63, 3.8) is 0 Å². The first-order valence-electron chi connectivity index (χ1n) is 12.2. The number of thiocarbonyl (C=S) groups is 1. The van der Waals surface area contributed by atoms with Crippen molar-refractivity contribution in [3.05, 3.63) is 80.6 Å². The molecule has 1 saturated heterocycles. The van der Waals surface area contributed by atoms with Gasteiger partial charge < -0.3 is 15.5 Å². The van der Waals surface area contributed by atoms with Crippen molar-refractivity contribution in [1.29, 1.82) is 0 Å². The van der Waals surface area contributed by atoms with Crippen LogP contribution in [0.3, 0.4) is 0 Å². The van der Waals surface area contributed by atoms with Gasteiger partial charge in [0.2, 0.25) is 0 Å². The number of fused-ring (bicyclic) bond motifs is 1. The molecule has 0 aliphatic carbocycles. The number of carbonyl (C=O) groups is 2. The molecule has 1 atom stereocenters. The van der Waals surface area contributed by atoms with Gasteiger partial charge in [0.25, 0.3) is 11.5 Å². The summed E-state index contributed by atoms with van der Waals surface area (Å²) in [7, 11) is 0. The molecule has 198 valence electrons. The molecule has 4 rings (SSSR count). The molecular weight excluding hydrogens is 524 g/mol. The van der Waals surface area contributed by atoms with Crippen molar-refractivity contribution in [3.8, 4) is 0 Å². The molecule has 0 radical (unpaired) electrons. The molecule has 3 aromatic rings. The molecule has 3 N–H and O–H groups in total. The number of carbonyl (C=O) groups excluding carboxylic acids is 1. The highest BCUT2D eigenvalue weighted by Gasteiger charge is 2.32. The van der Waals surface area contributed by atoms with Gasteiger partial charge >= 0.3 is 5.97 Å². The SMILES string of the molecule is Cc1cccn2c(=O)c(/C=C3\SC(=S)N(CCCCCC(=O)O)C3=O)c(NC[C@@H](O)c3ccccc3)nc12. The van der Waals surface area contributed by atoms with Gasteiger partial charge in [0, 0.05) is 25.7 Å². The van der Waals surface area contributed by atoms with Crippen LogP contribution in [0.25, 0.3) is 11.7 Å². The van der Waals surface area contributed by atoms with E-state index >= 15 is 0 Å². The van der Waals surface area contributed by atoms with E-state index in [2.05, 4.69) is 10.3 Å². The summed E-state index contributed by atoms with van der Waals surface area (Å²) in [6.45, 7) is 2.34. The minimum absolute atomic E-state index is 0.0887. The summed E-state index contributed by atoms with van der Waals surface area (Å²) in [5, 5.41) is 22.5. The smallest absolute Gasteiger partial charge is 0.303 e. The number of aromatic nitrogens is 2. The van der Waals surface area contributed by atoms with Crippen LogP contribution in [0.4, 0.5) is 5.82 Å². The third-order valence-electron chi connectivity index (χ3n) is 6.15. The molecular formula is C27H28N4O5S2. The van der Waals surface area contributed by atoms with Crippen LogP contribution in [0.2, 0.25) is 0 Å². The predicted molar refractivity (Wildman–Crippen MR) is 152 cm³/mol. The van der Waals surface area contributed by atoms with E-state index in [-0.39, 0.29) is 35.8 Å². The lowest BCUT2D eigenvalue weighted by Gasteiger charge is -2.16. The van der Waals surface area contributed by atoms with Crippen molar-refractivity contribution in [1.82, 2.24) is 14.3 Å². The van der Waals surface area contributed by atoms with Gasteiger partial charge in [-0.05, 0) is 43.0 Å². The van der Waals surface area contributed by atoms with E-state index in [1.54, 1.807) is 12.3 Å². The number of aliphatic hydroxyl groups is 1. The Hall–Kier alpha value is -3.54. The van der Waals surface area contributed by atoms with Crippen LogP contribution in [-0.4, -0.2) is 53.8 Å². The first-order valence-corrected chi connectivity index (χ1v) is 13.4. The second kappa shape index (κ2) is 12.3. The number of nitrogens with one attached hydrogen (secondary N) is 1. The number of carboxylic acids is 1. The zero-order valence-corrected chi connectivity index (χ0v) is 22.4. The maximum absolute atomic E-state index is 13.5. The number of anilines is 1.